The van der Waals surface area contributed by atoms with Crippen LogP contribution in [0.5, 0.6) is 0 Å². The number of nitrogens with one attached hydrogen (secondary N) is 1. The first-order valence-corrected chi connectivity index (χ1v) is 7.63. The molecular weight excluding hydrogens is 356 g/mol. The van der Waals surface area contributed by atoms with Gasteiger partial charge < -0.3 is 0 Å². The monoisotopic (exact) mass is 364 g/mol. The molecule has 0 fully saturated rings. The molecule has 0 saturated carbocycles. The number of benzene rings is 2. The Kier molecular flexibility index (Phi) is 4.47. The topological polar surface area (TPSA) is 89.3 Å². The van der Waals surface area contributed by atoms with Crippen molar-refractivity contribution >= 4 is 21.4 Å². The molecule has 2 aromatic rings. The maximum atomic E-state index is 13.2. The van der Waals surface area contributed by atoms with Gasteiger partial charge in [0.2, 0.25) is 0 Å². The number of hydrogen-bond donors (Lipinski definition) is 1. The molecule has 0 heterocycles. The van der Waals surface area contributed by atoms with Crippen molar-refractivity contribution in [2.45, 2.75) is 11.1 Å². The molecule has 0 aliphatic heterocycles. The third-order valence-electron chi connectivity index (χ3n) is 2.87. The van der Waals surface area contributed by atoms with E-state index in [1.54, 1.807) is 4.72 Å². The average Bonchev–Trinajstić information content (AvgIpc) is 2.46. The standard InChI is InChI=1S/C13H8F4N2O4S/c14-9-4-5-12(19(20)21)11(7-9)18-24(22,23)10-3-1-2-8(6-10)13(15,16)17/h1-7,18H. The third-order valence-corrected chi connectivity index (χ3v) is 4.23. The Morgan fingerprint density at radius 1 is 1.08 bits per heavy atom. The maximum absolute atomic E-state index is 13.2. The Hall–Kier alpha value is -2.69. The average molecular weight is 364 g/mol. The number of nitrogens with zero attached hydrogens (tertiary/aromatic N) is 1. The number of halogens is 4. The summed E-state index contributed by atoms with van der Waals surface area (Å²) in [5.41, 5.74) is -2.65. The fourth-order valence-electron chi connectivity index (χ4n) is 1.79. The summed E-state index contributed by atoms with van der Waals surface area (Å²) in [7, 11) is -4.59. The van der Waals surface area contributed by atoms with Crippen molar-refractivity contribution in [1.29, 1.82) is 0 Å². The highest BCUT2D eigenvalue weighted by Gasteiger charge is 2.32. The SMILES string of the molecule is O=[N+]([O-])c1ccc(F)cc1NS(=O)(=O)c1cccc(C(F)(F)F)c1. The largest absolute Gasteiger partial charge is 0.416 e. The quantitative estimate of drug-likeness (QED) is 0.510. The van der Waals surface area contributed by atoms with Crippen LogP contribution in [0.15, 0.2) is 47.4 Å². The van der Waals surface area contributed by atoms with Crippen molar-refractivity contribution in [3.63, 3.8) is 0 Å². The number of alkyl halides is 3. The number of sulfonamides is 1. The van der Waals surface area contributed by atoms with Crippen molar-refractivity contribution in [1.82, 2.24) is 0 Å². The molecule has 0 spiro atoms. The van der Waals surface area contributed by atoms with Gasteiger partial charge in [-0.2, -0.15) is 13.2 Å². The van der Waals surface area contributed by atoms with Gasteiger partial charge in [0.15, 0.2) is 0 Å². The molecule has 0 aliphatic rings. The third kappa shape index (κ3) is 3.79. The van der Waals surface area contributed by atoms with Gasteiger partial charge in [0, 0.05) is 12.1 Å². The summed E-state index contributed by atoms with van der Waals surface area (Å²) in [6, 6.07) is 4.83. The van der Waals surface area contributed by atoms with E-state index >= 15 is 0 Å². The molecule has 0 unspecified atom stereocenters. The highest BCUT2D eigenvalue weighted by Crippen LogP contribution is 2.32. The van der Waals surface area contributed by atoms with Crippen molar-refractivity contribution in [2.24, 2.45) is 0 Å². The zero-order chi connectivity index (χ0) is 18.1. The van der Waals surface area contributed by atoms with Crippen LogP contribution in [-0.2, 0) is 16.2 Å². The summed E-state index contributed by atoms with van der Waals surface area (Å²) in [6.45, 7) is 0. The summed E-state index contributed by atoms with van der Waals surface area (Å²) in [5.74, 6) is -0.956. The highest BCUT2D eigenvalue weighted by atomic mass is 32.2. The predicted octanol–water partition coefficient (Wildman–Crippen LogP) is 3.55. The first-order chi connectivity index (χ1) is 11.0. The molecule has 0 aromatic heterocycles. The van der Waals surface area contributed by atoms with Gasteiger partial charge in [-0.1, -0.05) is 6.07 Å². The Bertz CT molecular complexity index is 897. The van der Waals surface area contributed by atoms with E-state index in [9.17, 15) is 36.1 Å². The van der Waals surface area contributed by atoms with Crippen LogP contribution in [0, 0.1) is 15.9 Å². The van der Waals surface area contributed by atoms with Crippen molar-refractivity contribution in [2.75, 3.05) is 4.72 Å². The van der Waals surface area contributed by atoms with Crippen LogP contribution in [0.25, 0.3) is 0 Å². The Morgan fingerprint density at radius 3 is 2.33 bits per heavy atom. The minimum atomic E-state index is -4.77. The molecule has 128 valence electrons. The molecule has 24 heavy (non-hydrogen) atoms. The number of hydrogen-bond acceptors (Lipinski definition) is 4. The van der Waals surface area contributed by atoms with Gasteiger partial charge >= 0.3 is 6.18 Å². The van der Waals surface area contributed by atoms with Crippen LogP contribution in [0.1, 0.15) is 5.56 Å². The molecule has 0 radical (unpaired) electrons. The minimum absolute atomic E-state index is 0.369. The highest BCUT2D eigenvalue weighted by molar-refractivity contribution is 7.92. The lowest BCUT2D eigenvalue weighted by molar-refractivity contribution is -0.383. The van der Waals surface area contributed by atoms with E-state index in [2.05, 4.69) is 0 Å². The fraction of sp³-hybridized carbons (Fsp3) is 0.0769. The van der Waals surface area contributed by atoms with Crippen molar-refractivity contribution in [3.05, 3.63) is 64.0 Å². The van der Waals surface area contributed by atoms with Crippen LogP contribution < -0.4 is 4.72 Å². The van der Waals surface area contributed by atoms with E-state index in [0.29, 0.717) is 18.2 Å². The van der Waals surface area contributed by atoms with Gasteiger partial charge in [-0.25, -0.2) is 12.8 Å². The smallest absolute Gasteiger partial charge is 0.273 e. The summed E-state index contributed by atoms with van der Waals surface area (Å²) in [4.78, 5) is 9.12. The van der Waals surface area contributed by atoms with Crippen molar-refractivity contribution < 1.29 is 30.9 Å². The minimum Gasteiger partial charge on any atom is -0.273 e. The molecule has 0 atom stereocenters. The summed E-state index contributed by atoms with van der Waals surface area (Å²) in [5, 5.41) is 10.8. The van der Waals surface area contributed by atoms with Crippen LogP contribution in [-0.4, -0.2) is 13.3 Å². The number of nitro groups is 1. The van der Waals surface area contributed by atoms with Crippen LogP contribution in [0.2, 0.25) is 0 Å². The van der Waals surface area contributed by atoms with E-state index in [4.69, 9.17) is 0 Å². The maximum Gasteiger partial charge on any atom is 0.416 e. The van der Waals surface area contributed by atoms with Gasteiger partial charge in [0.1, 0.15) is 11.5 Å². The molecule has 6 nitrogen and oxygen atoms in total. The second-order valence-corrected chi connectivity index (χ2v) is 6.23. The molecule has 0 amide bonds. The summed E-state index contributed by atoms with van der Waals surface area (Å²) in [6.07, 6.45) is -4.77. The van der Waals surface area contributed by atoms with Crippen molar-refractivity contribution in [3.8, 4) is 0 Å². The van der Waals surface area contributed by atoms with Crippen LogP contribution in [0.3, 0.4) is 0 Å². The molecule has 2 rings (SSSR count). The van der Waals surface area contributed by atoms with E-state index in [-0.39, 0.29) is 0 Å². The molecule has 0 bridgehead atoms. The second kappa shape index (κ2) is 6.07. The lowest BCUT2D eigenvalue weighted by Gasteiger charge is -2.11. The van der Waals surface area contributed by atoms with Gasteiger partial charge in [-0.15, -0.1) is 0 Å². The number of nitro benzene ring substituents is 1. The predicted molar refractivity (Wildman–Crippen MR) is 75.3 cm³/mol. The lowest BCUT2D eigenvalue weighted by atomic mass is 10.2. The van der Waals surface area contributed by atoms with E-state index in [1.807, 2.05) is 0 Å². The normalized spacial score (nSPS) is 12.0. The molecule has 0 aliphatic carbocycles. The first kappa shape index (κ1) is 17.7. The van der Waals surface area contributed by atoms with Gasteiger partial charge in [0.05, 0.1) is 15.4 Å². The fourth-order valence-corrected chi connectivity index (χ4v) is 2.90. The van der Waals surface area contributed by atoms with Gasteiger partial charge in [-0.3, -0.25) is 14.8 Å². The first-order valence-electron chi connectivity index (χ1n) is 6.15. The van der Waals surface area contributed by atoms with E-state index < -0.39 is 48.8 Å². The molecule has 2 aromatic carbocycles. The molecule has 0 saturated heterocycles. The lowest BCUT2D eigenvalue weighted by Crippen LogP contribution is -2.15. The van der Waals surface area contributed by atoms with Crippen LogP contribution >= 0.6 is 0 Å². The van der Waals surface area contributed by atoms with E-state index in [0.717, 1.165) is 24.3 Å². The Labute approximate surface area is 132 Å². The number of rotatable bonds is 4. The van der Waals surface area contributed by atoms with Gasteiger partial charge in [0.25, 0.3) is 15.7 Å². The zero-order valence-electron chi connectivity index (χ0n) is 11.5. The molecular formula is C13H8F4N2O4S. The second-order valence-electron chi connectivity index (χ2n) is 4.55. The van der Waals surface area contributed by atoms with E-state index in [1.165, 1.54) is 0 Å². The summed E-state index contributed by atoms with van der Waals surface area (Å²) < 4.78 is 77.2. The Morgan fingerprint density at radius 2 is 1.75 bits per heavy atom. The molecule has 1 N–H and O–H groups in total. The molecule has 11 heteroatoms. The number of anilines is 1. The Balaban J connectivity index is 2.47. The zero-order valence-corrected chi connectivity index (χ0v) is 12.4. The van der Waals surface area contributed by atoms with Crippen LogP contribution in [0.4, 0.5) is 28.9 Å². The van der Waals surface area contributed by atoms with Gasteiger partial charge in [-0.05, 0) is 24.3 Å². The summed E-state index contributed by atoms with van der Waals surface area (Å²) >= 11 is 0.